The van der Waals surface area contributed by atoms with Gasteiger partial charge in [0.15, 0.2) is 0 Å². The van der Waals surface area contributed by atoms with Gasteiger partial charge in [0.1, 0.15) is 0 Å². The first-order chi connectivity index (χ1) is 11.0. The lowest BCUT2D eigenvalue weighted by Crippen LogP contribution is -2.24. The van der Waals surface area contributed by atoms with Crippen LogP contribution in [0.3, 0.4) is 0 Å². The Labute approximate surface area is 134 Å². The van der Waals surface area contributed by atoms with E-state index in [0.29, 0.717) is 18.8 Å². The number of anilines is 1. The number of nitrogens with two attached hydrogens (primary N) is 1. The van der Waals surface area contributed by atoms with Crippen LogP contribution in [0, 0.1) is 6.92 Å². The number of benzene rings is 1. The molecule has 2 rings (SSSR count). The van der Waals surface area contributed by atoms with Gasteiger partial charge < -0.3 is 20.9 Å². The fourth-order valence-corrected chi connectivity index (χ4v) is 2.17. The Balaban J connectivity index is 2.16. The van der Waals surface area contributed by atoms with E-state index in [4.69, 9.17) is 10.5 Å². The third-order valence-electron chi connectivity index (χ3n) is 3.33. The summed E-state index contributed by atoms with van der Waals surface area (Å²) < 4.78 is 4.87. The van der Waals surface area contributed by atoms with Crippen LogP contribution in [0.4, 0.5) is 5.69 Å². The largest absolute Gasteiger partial charge is 0.479 e. The number of rotatable bonds is 6. The number of ether oxygens (including phenoxy) is 1. The normalized spacial score (nSPS) is 10.5. The van der Waals surface area contributed by atoms with Crippen LogP contribution in [-0.2, 0) is 16.1 Å². The summed E-state index contributed by atoms with van der Waals surface area (Å²) in [7, 11) is 0. The maximum atomic E-state index is 11.3. The van der Waals surface area contributed by atoms with Gasteiger partial charge in [-0.2, -0.15) is 0 Å². The van der Waals surface area contributed by atoms with Gasteiger partial charge in [-0.15, -0.1) is 0 Å². The molecule has 0 aliphatic heterocycles. The van der Waals surface area contributed by atoms with Crippen molar-refractivity contribution in [3.63, 3.8) is 0 Å². The Bertz CT molecular complexity index is 686. The lowest BCUT2D eigenvalue weighted by atomic mass is 10.00. The molecule has 0 aliphatic carbocycles. The van der Waals surface area contributed by atoms with E-state index in [-0.39, 0.29) is 18.5 Å². The zero-order chi connectivity index (χ0) is 16.8. The van der Waals surface area contributed by atoms with E-state index in [1.807, 2.05) is 19.1 Å². The molecule has 0 spiro atoms. The number of hydrogen-bond acceptors (Lipinski definition) is 7. The summed E-state index contributed by atoms with van der Waals surface area (Å²) in [6.07, 6.45) is 3.09. The number of aryl methyl sites for hydroxylation is 1. The van der Waals surface area contributed by atoms with Gasteiger partial charge in [-0.25, -0.2) is 9.97 Å². The first kappa shape index (κ1) is 16.7. The Morgan fingerprint density at radius 2 is 2.00 bits per heavy atom. The SMILES string of the molecule is CCOC(=O)CNCc1cc(-c2cnc(O)nc2)cc(C)c1N. The number of hydrogen-bond donors (Lipinski definition) is 3. The Morgan fingerprint density at radius 3 is 2.65 bits per heavy atom. The van der Waals surface area contributed by atoms with Crippen LogP contribution in [-0.4, -0.2) is 34.2 Å². The zero-order valence-electron chi connectivity index (χ0n) is 13.2. The van der Waals surface area contributed by atoms with Gasteiger partial charge >= 0.3 is 12.0 Å². The van der Waals surface area contributed by atoms with E-state index in [0.717, 1.165) is 22.3 Å². The molecule has 0 atom stereocenters. The minimum atomic E-state index is -0.300. The molecule has 1 aromatic heterocycles. The molecule has 0 fully saturated rings. The third kappa shape index (κ3) is 4.40. The first-order valence-electron chi connectivity index (χ1n) is 7.28. The minimum Gasteiger partial charge on any atom is -0.479 e. The van der Waals surface area contributed by atoms with Crippen molar-refractivity contribution in [1.82, 2.24) is 15.3 Å². The quantitative estimate of drug-likeness (QED) is 0.545. The maximum Gasteiger partial charge on any atom is 0.319 e. The summed E-state index contributed by atoms with van der Waals surface area (Å²) >= 11 is 0. The van der Waals surface area contributed by atoms with Crippen molar-refractivity contribution in [3.05, 3.63) is 35.7 Å². The predicted molar refractivity (Wildman–Crippen MR) is 86.6 cm³/mol. The third-order valence-corrected chi connectivity index (χ3v) is 3.33. The molecule has 7 nitrogen and oxygen atoms in total. The van der Waals surface area contributed by atoms with Crippen LogP contribution in [0.2, 0.25) is 0 Å². The van der Waals surface area contributed by atoms with Gasteiger partial charge in [-0.05, 0) is 42.7 Å². The van der Waals surface area contributed by atoms with Crippen LogP contribution < -0.4 is 11.1 Å². The number of nitrogens with one attached hydrogen (secondary N) is 1. The number of esters is 1. The molecule has 0 saturated carbocycles. The van der Waals surface area contributed by atoms with Crippen molar-refractivity contribution < 1.29 is 14.6 Å². The van der Waals surface area contributed by atoms with Crippen LogP contribution in [0.1, 0.15) is 18.1 Å². The number of nitrogen functional groups attached to an aromatic ring is 1. The average molecular weight is 316 g/mol. The van der Waals surface area contributed by atoms with Crippen molar-refractivity contribution in [2.75, 3.05) is 18.9 Å². The van der Waals surface area contributed by atoms with E-state index in [2.05, 4.69) is 15.3 Å². The molecule has 1 heterocycles. The predicted octanol–water partition coefficient (Wildman–Crippen LogP) is 1.39. The molecule has 0 bridgehead atoms. The minimum absolute atomic E-state index is 0.124. The summed E-state index contributed by atoms with van der Waals surface area (Å²) in [4.78, 5) is 18.9. The molecule has 0 unspecified atom stereocenters. The van der Waals surface area contributed by atoms with Crippen LogP contribution in [0.15, 0.2) is 24.5 Å². The Morgan fingerprint density at radius 1 is 1.30 bits per heavy atom. The molecule has 0 aliphatic rings. The monoisotopic (exact) mass is 316 g/mol. The van der Waals surface area contributed by atoms with Crippen LogP contribution in [0.5, 0.6) is 6.01 Å². The number of carbonyl (C=O) groups excluding carboxylic acids is 1. The van der Waals surface area contributed by atoms with E-state index in [1.165, 1.54) is 0 Å². The summed E-state index contributed by atoms with van der Waals surface area (Å²) in [5, 5.41) is 12.2. The summed E-state index contributed by atoms with van der Waals surface area (Å²) in [5.74, 6) is -0.300. The van der Waals surface area contributed by atoms with E-state index in [1.54, 1.807) is 19.3 Å². The smallest absolute Gasteiger partial charge is 0.319 e. The zero-order valence-corrected chi connectivity index (χ0v) is 13.2. The first-order valence-corrected chi connectivity index (χ1v) is 7.28. The molecular weight excluding hydrogens is 296 g/mol. The summed E-state index contributed by atoms with van der Waals surface area (Å²) in [6, 6.07) is 3.58. The second-order valence-electron chi connectivity index (χ2n) is 5.05. The van der Waals surface area contributed by atoms with Gasteiger partial charge in [-0.1, -0.05) is 0 Å². The van der Waals surface area contributed by atoms with Gasteiger partial charge in [-0.3, -0.25) is 4.79 Å². The molecule has 2 aromatic rings. The van der Waals surface area contributed by atoms with E-state index in [9.17, 15) is 9.90 Å². The summed E-state index contributed by atoms with van der Waals surface area (Å²) in [6.45, 7) is 4.60. The Hall–Kier alpha value is -2.67. The average Bonchev–Trinajstić information content (AvgIpc) is 2.52. The molecule has 23 heavy (non-hydrogen) atoms. The van der Waals surface area contributed by atoms with Crippen molar-refractivity contribution in [2.24, 2.45) is 0 Å². The fourth-order valence-electron chi connectivity index (χ4n) is 2.17. The van der Waals surface area contributed by atoms with Crippen molar-refractivity contribution in [3.8, 4) is 17.1 Å². The standard InChI is InChI=1S/C16H20N4O3/c1-3-23-14(21)9-18-6-12-5-11(4-10(2)15(12)17)13-7-19-16(22)20-8-13/h4-5,7-8,18H,3,6,9,17H2,1-2H3,(H,19,20,22). The molecule has 1 aromatic carbocycles. The van der Waals surface area contributed by atoms with Gasteiger partial charge in [0.25, 0.3) is 0 Å². The van der Waals surface area contributed by atoms with E-state index >= 15 is 0 Å². The lowest BCUT2D eigenvalue weighted by Gasteiger charge is -2.12. The number of nitrogens with zero attached hydrogens (tertiary/aromatic N) is 2. The second-order valence-corrected chi connectivity index (χ2v) is 5.05. The highest BCUT2D eigenvalue weighted by atomic mass is 16.5. The second kappa shape index (κ2) is 7.55. The van der Waals surface area contributed by atoms with Crippen molar-refractivity contribution >= 4 is 11.7 Å². The topological polar surface area (TPSA) is 110 Å². The molecular formula is C16H20N4O3. The molecule has 122 valence electrons. The van der Waals surface area contributed by atoms with E-state index < -0.39 is 0 Å². The Kier molecular flexibility index (Phi) is 5.48. The van der Waals surface area contributed by atoms with Crippen molar-refractivity contribution in [2.45, 2.75) is 20.4 Å². The van der Waals surface area contributed by atoms with Crippen LogP contribution in [0.25, 0.3) is 11.1 Å². The number of carbonyl (C=O) groups is 1. The van der Waals surface area contributed by atoms with Gasteiger partial charge in [0.05, 0.1) is 13.2 Å². The summed E-state index contributed by atoms with van der Waals surface area (Å²) in [5.41, 5.74) is 10.2. The van der Waals surface area contributed by atoms with Gasteiger partial charge in [0, 0.05) is 30.2 Å². The lowest BCUT2D eigenvalue weighted by molar-refractivity contribution is -0.142. The molecule has 4 N–H and O–H groups in total. The fraction of sp³-hybridized carbons (Fsp3) is 0.312. The van der Waals surface area contributed by atoms with Gasteiger partial charge in [0.2, 0.25) is 0 Å². The molecule has 0 amide bonds. The molecule has 0 radical (unpaired) electrons. The highest BCUT2D eigenvalue weighted by Crippen LogP contribution is 2.26. The number of aromatic hydroxyl groups is 1. The number of aromatic nitrogens is 2. The maximum absolute atomic E-state index is 11.3. The molecule has 0 saturated heterocycles. The molecule has 7 heteroatoms. The highest BCUT2D eigenvalue weighted by molar-refractivity contribution is 5.72. The highest BCUT2D eigenvalue weighted by Gasteiger charge is 2.09. The van der Waals surface area contributed by atoms with Crippen LogP contribution >= 0.6 is 0 Å². The van der Waals surface area contributed by atoms with Crippen molar-refractivity contribution in [1.29, 1.82) is 0 Å².